The number of ether oxygens (including phenoxy) is 4. The van der Waals surface area contributed by atoms with Crippen LogP contribution in [0, 0.1) is 23.7 Å². The van der Waals surface area contributed by atoms with Crippen molar-refractivity contribution in [2.45, 2.75) is 90.2 Å². The van der Waals surface area contributed by atoms with Crippen LogP contribution in [0.15, 0.2) is 0 Å². The minimum absolute atomic E-state index is 0.0648. The first-order valence-corrected chi connectivity index (χ1v) is 10.8. The molecule has 0 amide bonds. The fourth-order valence-electron chi connectivity index (χ4n) is 5.56. The second-order valence-electron chi connectivity index (χ2n) is 9.16. The van der Waals surface area contributed by atoms with Gasteiger partial charge in [0.25, 0.3) is 0 Å². The second-order valence-corrected chi connectivity index (χ2v) is 9.16. The van der Waals surface area contributed by atoms with Gasteiger partial charge in [-0.05, 0) is 44.4 Å². The molecule has 8 atom stereocenters. The number of esters is 2. The summed E-state index contributed by atoms with van der Waals surface area (Å²) in [6, 6.07) is 0. The first-order valence-electron chi connectivity index (χ1n) is 10.8. The van der Waals surface area contributed by atoms with E-state index >= 15 is 0 Å². The van der Waals surface area contributed by atoms with Gasteiger partial charge in [0, 0.05) is 18.3 Å². The molecule has 0 aromatic rings. The van der Waals surface area contributed by atoms with Crippen molar-refractivity contribution in [3.05, 3.63) is 0 Å². The first-order chi connectivity index (χ1) is 13.8. The topological polar surface area (TPSA) is 89.5 Å². The van der Waals surface area contributed by atoms with Crippen molar-refractivity contribution >= 4 is 11.9 Å². The van der Waals surface area contributed by atoms with Crippen LogP contribution in [0.2, 0.25) is 0 Å². The maximum absolute atomic E-state index is 12.3. The SMILES string of the molecule is CCCOC(=O)CC(=O)OC1O[C@@H]2O[C@@]3(C)CC[C@H]4[C@H](C)CC[C@@H]([C@H]1C)[C@@]24OO3. The maximum Gasteiger partial charge on any atom is 0.319 e. The molecule has 8 nitrogen and oxygen atoms in total. The van der Waals surface area contributed by atoms with Crippen LogP contribution in [0.1, 0.15) is 66.2 Å². The Labute approximate surface area is 171 Å². The summed E-state index contributed by atoms with van der Waals surface area (Å²) in [6.45, 7) is 8.28. The molecule has 4 aliphatic heterocycles. The summed E-state index contributed by atoms with van der Waals surface area (Å²) in [4.78, 5) is 35.9. The van der Waals surface area contributed by atoms with Gasteiger partial charge in [-0.1, -0.05) is 20.8 Å². The predicted molar refractivity (Wildman–Crippen MR) is 98.8 cm³/mol. The largest absolute Gasteiger partial charge is 0.465 e. The van der Waals surface area contributed by atoms with E-state index in [0.717, 1.165) is 25.7 Å². The van der Waals surface area contributed by atoms with Crippen LogP contribution >= 0.6 is 0 Å². The Morgan fingerprint density at radius 2 is 1.86 bits per heavy atom. The molecule has 8 heteroatoms. The lowest BCUT2D eigenvalue weighted by atomic mass is 9.58. The zero-order valence-corrected chi connectivity index (χ0v) is 17.7. The third-order valence-corrected chi connectivity index (χ3v) is 7.10. The highest BCUT2D eigenvalue weighted by Gasteiger charge is 2.69. The van der Waals surface area contributed by atoms with Crippen LogP contribution in [-0.2, 0) is 38.3 Å². The van der Waals surface area contributed by atoms with E-state index in [2.05, 4.69) is 6.92 Å². The van der Waals surface area contributed by atoms with Crippen molar-refractivity contribution < 1.29 is 38.3 Å². The van der Waals surface area contributed by atoms with Gasteiger partial charge in [-0.3, -0.25) is 9.59 Å². The van der Waals surface area contributed by atoms with Crippen molar-refractivity contribution in [2.24, 2.45) is 23.7 Å². The number of hydrogen-bond acceptors (Lipinski definition) is 8. The number of rotatable bonds is 5. The molecule has 4 saturated heterocycles. The Hall–Kier alpha value is -1.22. The number of carbonyl (C=O) groups is 2. The van der Waals surface area contributed by atoms with Crippen LogP contribution in [0.25, 0.3) is 0 Å². The smallest absolute Gasteiger partial charge is 0.319 e. The van der Waals surface area contributed by atoms with Gasteiger partial charge in [-0.15, -0.1) is 0 Å². The number of carbonyl (C=O) groups excluding carboxylic acids is 2. The lowest BCUT2D eigenvalue weighted by molar-refractivity contribution is -0.576. The molecular weight excluding hydrogens is 380 g/mol. The van der Waals surface area contributed by atoms with Crippen LogP contribution < -0.4 is 0 Å². The van der Waals surface area contributed by atoms with E-state index in [1.807, 2.05) is 20.8 Å². The summed E-state index contributed by atoms with van der Waals surface area (Å²) in [5.74, 6) is -1.46. The molecule has 1 saturated carbocycles. The number of fused-ring (bicyclic) bond motifs is 2. The molecule has 2 bridgehead atoms. The monoisotopic (exact) mass is 412 g/mol. The summed E-state index contributed by atoms with van der Waals surface area (Å²) in [5, 5.41) is 0. The van der Waals surface area contributed by atoms with E-state index < -0.39 is 42.3 Å². The second kappa shape index (κ2) is 7.80. The summed E-state index contributed by atoms with van der Waals surface area (Å²) >= 11 is 0. The fraction of sp³-hybridized carbons (Fsp3) is 0.905. The zero-order chi connectivity index (χ0) is 20.8. The van der Waals surface area contributed by atoms with E-state index in [1.165, 1.54) is 0 Å². The van der Waals surface area contributed by atoms with E-state index in [1.54, 1.807) is 0 Å². The standard InChI is InChI=1S/C21H32O8/c1-5-10-24-16(22)11-17(23)25-18-13(3)15-7-6-12(2)14-8-9-20(4)27-19(26-18)21(14,15)29-28-20/h12-15,18-19H,5-11H2,1-4H3/t12-,13-,14+,15+,18?,19-,20-,21-/m1/s1. The van der Waals surface area contributed by atoms with E-state index in [0.29, 0.717) is 18.9 Å². The van der Waals surface area contributed by atoms with Gasteiger partial charge in [0.2, 0.25) is 12.1 Å². The molecule has 0 aromatic carbocycles. The molecule has 5 rings (SSSR count). The molecule has 5 fully saturated rings. The molecule has 164 valence electrons. The van der Waals surface area contributed by atoms with Gasteiger partial charge in [0.15, 0.2) is 11.9 Å². The Bertz CT molecular complexity index is 653. The van der Waals surface area contributed by atoms with Crippen LogP contribution in [0.4, 0.5) is 0 Å². The quantitative estimate of drug-likeness (QED) is 0.387. The van der Waals surface area contributed by atoms with Gasteiger partial charge in [0.05, 0.1) is 6.61 Å². The third kappa shape index (κ3) is 3.58. The molecule has 1 unspecified atom stereocenters. The van der Waals surface area contributed by atoms with Crippen molar-refractivity contribution in [1.29, 1.82) is 0 Å². The Balaban J connectivity index is 1.52. The first kappa shape index (κ1) is 21.0. The molecular formula is C21H32O8. The van der Waals surface area contributed by atoms with Crippen LogP contribution in [0.5, 0.6) is 0 Å². The minimum Gasteiger partial charge on any atom is -0.465 e. The summed E-state index contributed by atoms with van der Waals surface area (Å²) in [6.07, 6.45) is 2.43. The molecule has 1 spiro atoms. The lowest BCUT2D eigenvalue weighted by Gasteiger charge is -2.59. The van der Waals surface area contributed by atoms with Crippen molar-refractivity contribution in [2.75, 3.05) is 6.61 Å². The highest BCUT2D eigenvalue weighted by atomic mass is 17.3. The molecule has 4 heterocycles. The molecule has 1 aliphatic carbocycles. The average Bonchev–Trinajstić information content (AvgIpc) is 2.90. The van der Waals surface area contributed by atoms with Gasteiger partial charge in [-0.25, -0.2) is 9.78 Å². The highest BCUT2D eigenvalue weighted by molar-refractivity contribution is 5.91. The van der Waals surface area contributed by atoms with Crippen molar-refractivity contribution in [3.63, 3.8) is 0 Å². The highest BCUT2D eigenvalue weighted by Crippen LogP contribution is 2.60. The van der Waals surface area contributed by atoms with Gasteiger partial charge < -0.3 is 18.9 Å². The Morgan fingerprint density at radius 3 is 2.62 bits per heavy atom. The summed E-state index contributed by atoms with van der Waals surface area (Å²) in [7, 11) is 0. The van der Waals surface area contributed by atoms with E-state index in [9.17, 15) is 9.59 Å². The molecule has 29 heavy (non-hydrogen) atoms. The third-order valence-electron chi connectivity index (χ3n) is 7.10. The number of hydrogen-bond donors (Lipinski definition) is 0. The van der Waals surface area contributed by atoms with Gasteiger partial charge in [0.1, 0.15) is 6.42 Å². The molecule has 0 radical (unpaired) electrons. The van der Waals surface area contributed by atoms with Gasteiger partial charge >= 0.3 is 11.9 Å². The summed E-state index contributed by atoms with van der Waals surface area (Å²) in [5.41, 5.74) is -0.698. The zero-order valence-electron chi connectivity index (χ0n) is 17.7. The fourth-order valence-corrected chi connectivity index (χ4v) is 5.56. The van der Waals surface area contributed by atoms with Crippen LogP contribution in [0.3, 0.4) is 0 Å². The van der Waals surface area contributed by atoms with Crippen molar-refractivity contribution in [1.82, 2.24) is 0 Å². The predicted octanol–water partition coefficient (Wildman–Crippen LogP) is 3.08. The molecule has 5 aliphatic rings. The van der Waals surface area contributed by atoms with E-state index in [-0.39, 0.29) is 17.8 Å². The van der Waals surface area contributed by atoms with Crippen molar-refractivity contribution in [3.8, 4) is 0 Å². The maximum atomic E-state index is 12.3. The molecule has 0 aromatic heterocycles. The van der Waals surface area contributed by atoms with Gasteiger partial charge in [-0.2, -0.15) is 0 Å². The molecule has 0 N–H and O–H groups in total. The average molecular weight is 412 g/mol. The Kier molecular flexibility index (Phi) is 5.65. The Morgan fingerprint density at radius 1 is 1.07 bits per heavy atom. The van der Waals surface area contributed by atoms with E-state index in [4.69, 9.17) is 28.7 Å². The van der Waals surface area contributed by atoms with Crippen LogP contribution in [-0.4, -0.2) is 42.5 Å². The summed E-state index contributed by atoms with van der Waals surface area (Å²) < 4.78 is 22.9. The lowest BCUT2D eigenvalue weighted by Crippen LogP contribution is -2.70. The normalized spacial score (nSPS) is 45.8. The minimum atomic E-state index is -0.878.